The molecule has 3 aromatic rings. The Balaban J connectivity index is 0.000000308. The van der Waals surface area contributed by atoms with Crippen molar-refractivity contribution in [2.45, 2.75) is 65.2 Å². The number of hydrogen-bond donors (Lipinski definition) is 5. The number of rotatable bonds is 10. The second-order valence-electron chi connectivity index (χ2n) is 14.4. The lowest BCUT2D eigenvalue weighted by Gasteiger charge is -2.28. The zero-order chi connectivity index (χ0) is 42.4. The van der Waals surface area contributed by atoms with Crippen LogP contribution < -0.4 is 35.3 Å². The molecule has 1 atom stereocenters. The van der Waals surface area contributed by atoms with Gasteiger partial charge in [0.1, 0.15) is 24.9 Å². The van der Waals surface area contributed by atoms with Crippen molar-refractivity contribution in [3.8, 4) is 18.1 Å². The van der Waals surface area contributed by atoms with Crippen LogP contribution in [-0.2, 0) is 38.0 Å². The number of aromatic nitrogens is 5. The van der Waals surface area contributed by atoms with Gasteiger partial charge in [0.25, 0.3) is 5.91 Å². The van der Waals surface area contributed by atoms with E-state index in [1.807, 2.05) is 23.1 Å². The van der Waals surface area contributed by atoms with Gasteiger partial charge < -0.3 is 39.4 Å². The van der Waals surface area contributed by atoms with Gasteiger partial charge in [-0.05, 0) is 56.3 Å². The molecule has 17 nitrogen and oxygen atoms in total. The summed E-state index contributed by atoms with van der Waals surface area (Å²) in [6.07, 6.45) is 14.0. The first-order valence-electron chi connectivity index (χ1n) is 17.0. The Labute approximate surface area is 338 Å². The van der Waals surface area contributed by atoms with E-state index in [0.29, 0.717) is 39.0 Å². The third-order valence-corrected chi connectivity index (χ3v) is 8.59. The highest BCUT2D eigenvalue weighted by molar-refractivity contribution is 7.98. The van der Waals surface area contributed by atoms with E-state index in [4.69, 9.17) is 21.2 Å². The van der Waals surface area contributed by atoms with E-state index >= 15 is 0 Å². The molecule has 22 heteroatoms. The van der Waals surface area contributed by atoms with Gasteiger partial charge >= 0.3 is 5.97 Å². The molecule has 0 aliphatic carbocycles. The smallest absolute Gasteiger partial charge is 0.317 e. The van der Waals surface area contributed by atoms with Gasteiger partial charge in [-0.3, -0.25) is 19.8 Å². The van der Waals surface area contributed by atoms with Crippen molar-refractivity contribution in [1.82, 2.24) is 29.2 Å². The monoisotopic (exact) mass is 858 g/mol. The average Bonchev–Trinajstić information content (AvgIpc) is 3.56. The molecule has 5 rings (SSSR count). The number of carbonyl (C=O) groups is 2. The maximum Gasteiger partial charge on any atom is 0.317 e. The third-order valence-electron chi connectivity index (χ3n) is 6.64. The number of aliphatic carboxylic acids is 1. The molecule has 0 saturated heterocycles. The SMILES string of the molecule is C#CCN1C(=O)COc2cc(F)c(N=c3snc4n3CC(C)(C)C4)cc21.CCNc1nc(NC(C)(C)C)nc(SC)n1.C[S+](C)C.O=C(O)CNCP(=O)([O-])O. The van der Waals surface area contributed by atoms with Crippen LogP contribution in [0.2, 0.25) is 0 Å². The van der Waals surface area contributed by atoms with Crippen molar-refractivity contribution in [3.63, 3.8) is 0 Å². The molecule has 56 heavy (non-hydrogen) atoms. The van der Waals surface area contributed by atoms with Gasteiger partial charge in [-0.15, -0.1) is 6.42 Å². The zero-order valence-electron chi connectivity index (χ0n) is 33.3. The molecule has 0 bridgehead atoms. The van der Waals surface area contributed by atoms with Crippen molar-refractivity contribution >= 4 is 76.9 Å². The number of hydrogen-bond acceptors (Lipinski definition) is 15. The van der Waals surface area contributed by atoms with E-state index in [1.165, 1.54) is 40.3 Å². The number of fused-ring (bicyclic) bond motifs is 2. The van der Waals surface area contributed by atoms with Crippen molar-refractivity contribution < 1.29 is 38.2 Å². The van der Waals surface area contributed by atoms with E-state index in [0.717, 1.165) is 30.5 Å². The molecule has 5 N–H and O–H groups in total. The highest BCUT2D eigenvalue weighted by Gasteiger charge is 2.31. The molecule has 0 radical (unpaired) electrons. The van der Waals surface area contributed by atoms with Crippen LogP contribution in [0.5, 0.6) is 5.75 Å². The maximum atomic E-state index is 14.5. The molecule has 1 amide bonds. The molecular weight excluding hydrogens is 807 g/mol. The number of thioether (sulfide) groups is 1. The number of carboxylic acid groups (broad SMARTS) is 1. The molecule has 0 saturated carbocycles. The minimum atomic E-state index is -4.35. The number of benzene rings is 1. The molecule has 310 valence electrons. The number of nitrogens with one attached hydrogen (secondary N) is 3. The molecule has 4 heterocycles. The molecule has 0 spiro atoms. The fourth-order valence-corrected chi connectivity index (χ4v) is 6.13. The Hall–Kier alpha value is -3.77. The first-order valence-corrected chi connectivity index (χ1v) is 23.3. The predicted molar refractivity (Wildman–Crippen MR) is 221 cm³/mol. The number of nitrogens with zero attached hydrogens (tertiary/aromatic N) is 7. The highest BCUT2D eigenvalue weighted by atomic mass is 32.2. The Kier molecular flexibility index (Phi) is 18.7. The van der Waals surface area contributed by atoms with Crippen molar-refractivity contribution in [2.24, 2.45) is 10.4 Å². The number of anilines is 3. The molecule has 2 aromatic heterocycles. The Morgan fingerprint density at radius 1 is 1.25 bits per heavy atom. The standard InChI is InChI=1S/C18H17FN4O2S.C10H19N5S.C3H8NO5P.C3H9S/c1-4-5-22-13-7-12(11(19)6-14(13)25-9-16(22)24)20-17-23-10-18(2,3)8-15(23)21-26-17;1-6-11-7-12-8(15-10(2,3)4)14-9(13-7)16-5;5-3(6)1-4-2-10(7,8)9;1-4(2)3/h1,6-7H,5,8-10H2,2-3H3;6H2,1-5H3,(H2,11,12,13,14,15);4H,1-2H2,(H,5,6)(H2,7,8,9);1-3H3/q;;;+1/p-1. The second kappa shape index (κ2) is 21.7. The summed E-state index contributed by atoms with van der Waals surface area (Å²) < 4.78 is 36.3. The van der Waals surface area contributed by atoms with Gasteiger partial charge in [-0.2, -0.15) is 19.3 Å². The van der Waals surface area contributed by atoms with Gasteiger partial charge in [0.2, 0.25) is 16.7 Å². The highest BCUT2D eigenvalue weighted by Crippen LogP contribution is 2.37. The number of terminal acetylenes is 1. The van der Waals surface area contributed by atoms with E-state index in [9.17, 15) is 23.4 Å². The first kappa shape index (κ1) is 48.4. The third kappa shape index (κ3) is 17.2. The molecule has 2 aliphatic heterocycles. The summed E-state index contributed by atoms with van der Waals surface area (Å²) in [5, 5.41) is 17.0. The van der Waals surface area contributed by atoms with Crippen LogP contribution in [0.1, 0.15) is 47.4 Å². The molecule has 2 aliphatic rings. The lowest BCUT2D eigenvalue weighted by molar-refractivity contribution is -0.193. The van der Waals surface area contributed by atoms with Crippen molar-refractivity contribution in [1.29, 1.82) is 0 Å². The largest absolute Gasteiger partial charge is 0.778 e. The number of halogens is 1. The summed E-state index contributed by atoms with van der Waals surface area (Å²) in [7, 11) is -3.71. The number of carbonyl (C=O) groups excluding carboxylic acids is 1. The lowest BCUT2D eigenvalue weighted by atomic mass is 9.92. The van der Waals surface area contributed by atoms with E-state index in [2.05, 4.69) is 94.3 Å². The maximum absolute atomic E-state index is 14.5. The van der Waals surface area contributed by atoms with Crippen LogP contribution in [0.15, 0.2) is 22.3 Å². The van der Waals surface area contributed by atoms with Gasteiger partial charge in [-0.1, -0.05) is 31.5 Å². The second-order valence-corrected chi connectivity index (χ2v) is 19.9. The topological polar surface area (TPSA) is 232 Å². The summed E-state index contributed by atoms with van der Waals surface area (Å²) >= 11 is 2.75. The summed E-state index contributed by atoms with van der Waals surface area (Å²) in [6, 6.07) is 2.76. The Bertz CT molecular complexity index is 1960. The zero-order valence-corrected chi connectivity index (χ0v) is 36.6. The van der Waals surface area contributed by atoms with Gasteiger partial charge in [0, 0.05) is 42.6 Å². The summed E-state index contributed by atoms with van der Waals surface area (Å²) in [5.41, 5.74) is 0.623. The van der Waals surface area contributed by atoms with E-state index < -0.39 is 32.2 Å². The van der Waals surface area contributed by atoms with Gasteiger partial charge in [0.05, 0.1) is 43.8 Å². The summed E-state index contributed by atoms with van der Waals surface area (Å²) in [5.74, 6) is 2.98. The summed E-state index contributed by atoms with van der Waals surface area (Å²) in [4.78, 5) is 59.2. The Morgan fingerprint density at radius 2 is 1.89 bits per heavy atom. The van der Waals surface area contributed by atoms with Crippen LogP contribution in [0.4, 0.5) is 27.7 Å². The lowest BCUT2D eigenvalue weighted by Crippen LogP contribution is -2.39. The Morgan fingerprint density at radius 3 is 2.45 bits per heavy atom. The molecule has 1 aromatic carbocycles. The van der Waals surface area contributed by atoms with E-state index in [-0.39, 0.29) is 35.7 Å². The van der Waals surface area contributed by atoms with E-state index in [1.54, 1.807) is 0 Å². The fraction of sp³-hybridized carbons (Fsp3) is 0.559. The van der Waals surface area contributed by atoms with Crippen LogP contribution >= 0.6 is 30.9 Å². The molecule has 0 fully saturated rings. The fourth-order valence-electron chi connectivity index (χ4n) is 4.63. The predicted octanol–water partition coefficient (Wildman–Crippen LogP) is 3.15. The minimum absolute atomic E-state index is 0.0550. The van der Waals surface area contributed by atoms with Gasteiger partial charge in [-0.25, -0.2) is 9.38 Å². The van der Waals surface area contributed by atoms with Crippen LogP contribution in [0.25, 0.3) is 0 Å². The van der Waals surface area contributed by atoms with Crippen LogP contribution in [-0.4, -0.2) is 109 Å². The number of amides is 1. The van der Waals surface area contributed by atoms with Crippen molar-refractivity contribution in [3.05, 3.63) is 28.6 Å². The normalized spacial score (nSPS) is 15.3. The molecule has 1 unspecified atom stereocenters. The molecular formula is C34H52FN10O7PS3. The average molecular weight is 859 g/mol. The first-order chi connectivity index (χ1) is 26.0. The van der Waals surface area contributed by atoms with Crippen LogP contribution in [0.3, 0.4) is 0 Å². The van der Waals surface area contributed by atoms with Crippen LogP contribution in [0, 0.1) is 23.6 Å². The quantitative estimate of drug-likeness (QED) is 0.0854. The number of ether oxygens (including phenoxy) is 1. The van der Waals surface area contributed by atoms with Crippen molar-refractivity contribution in [2.75, 3.05) is 73.1 Å². The minimum Gasteiger partial charge on any atom is -0.778 e. The van der Waals surface area contributed by atoms with Gasteiger partial charge in [0.15, 0.2) is 17.6 Å². The summed E-state index contributed by atoms with van der Waals surface area (Å²) in [6.45, 7) is 13.6. The number of carboxylic acids is 1.